The van der Waals surface area contributed by atoms with E-state index in [1.165, 1.54) is 0 Å². The molecule has 1 aromatic heterocycles. The summed E-state index contributed by atoms with van der Waals surface area (Å²) in [6.45, 7) is 6.00. The summed E-state index contributed by atoms with van der Waals surface area (Å²) in [5.74, 6) is 0. The fraction of sp³-hybridized carbons (Fsp3) is 0.700. The van der Waals surface area contributed by atoms with Crippen molar-refractivity contribution < 1.29 is 0 Å². The molecule has 2 N–H and O–H groups in total. The molecule has 0 aliphatic carbocycles. The second kappa shape index (κ2) is 4.46. The van der Waals surface area contributed by atoms with E-state index < -0.39 is 0 Å². The van der Waals surface area contributed by atoms with Crippen LogP contribution in [0.4, 0.5) is 5.69 Å². The van der Waals surface area contributed by atoms with Crippen LogP contribution in [-0.4, -0.2) is 35.3 Å². The minimum atomic E-state index is 0.829. The fourth-order valence-electron chi connectivity index (χ4n) is 1.47. The Morgan fingerprint density at radius 3 is 2.43 bits per heavy atom. The Morgan fingerprint density at radius 1 is 1.36 bits per heavy atom. The quantitative estimate of drug-likeness (QED) is 0.782. The second-order valence-electron chi connectivity index (χ2n) is 3.96. The molecule has 1 rings (SSSR count). The third-order valence-corrected chi connectivity index (χ3v) is 2.41. The number of aromatic nitrogens is 2. The molecule has 0 atom stereocenters. The number of nitrogens with two attached hydrogens (primary N) is 1. The lowest BCUT2D eigenvalue weighted by Crippen LogP contribution is -2.15. The molecule has 0 aliphatic heterocycles. The van der Waals surface area contributed by atoms with E-state index >= 15 is 0 Å². The maximum Gasteiger partial charge on any atom is 0.0825 e. The largest absolute Gasteiger partial charge is 0.396 e. The van der Waals surface area contributed by atoms with Crippen LogP contribution in [0.25, 0.3) is 0 Å². The van der Waals surface area contributed by atoms with Crippen LogP contribution in [0.15, 0.2) is 0 Å². The Hall–Kier alpha value is -1.03. The predicted molar refractivity (Wildman–Crippen MR) is 59.3 cm³/mol. The van der Waals surface area contributed by atoms with E-state index in [4.69, 9.17) is 5.73 Å². The van der Waals surface area contributed by atoms with Crippen molar-refractivity contribution in [2.75, 3.05) is 26.4 Å². The van der Waals surface area contributed by atoms with Crippen LogP contribution in [0, 0.1) is 13.8 Å². The van der Waals surface area contributed by atoms with E-state index in [1.807, 2.05) is 18.5 Å². The minimum absolute atomic E-state index is 0.829. The Kier molecular flexibility index (Phi) is 3.52. The lowest BCUT2D eigenvalue weighted by atomic mass is 10.3. The molecule has 0 amide bonds. The van der Waals surface area contributed by atoms with Gasteiger partial charge < -0.3 is 10.6 Å². The molecule has 4 nitrogen and oxygen atoms in total. The van der Waals surface area contributed by atoms with Crippen LogP contribution in [0.3, 0.4) is 0 Å². The summed E-state index contributed by atoms with van der Waals surface area (Å²) in [5.41, 5.74) is 8.69. The van der Waals surface area contributed by atoms with Gasteiger partial charge in [-0.25, -0.2) is 0 Å². The third-order valence-electron chi connectivity index (χ3n) is 2.41. The van der Waals surface area contributed by atoms with Gasteiger partial charge in [0.15, 0.2) is 0 Å². The molecular weight excluding hydrogens is 176 g/mol. The van der Waals surface area contributed by atoms with Gasteiger partial charge in [-0.1, -0.05) is 0 Å². The zero-order valence-electron chi connectivity index (χ0n) is 9.54. The summed E-state index contributed by atoms with van der Waals surface area (Å²) >= 11 is 0. The van der Waals surface area contributed by atoms with E-state index in [-0.39, 0.29) is 0 Å². The summed E-state index contributed by atoms with van der Waals surface area (Å²) in [4.78, 5) is 2.18. The number of hydrogen-bond donors (Lipinski definition) is 1. The number of rotatable bonds is 4. The van der Waals surface area contributed by atoms with E-state index in [0.29, 0.717) is 0 Å². The van der Waals surface area contributed by atoms with Crippen molar-refractivity contribution in [3.05, 3.63) is 11.4 Å². The van der Waals surface area contributed by atoms with Gasteiger partial charge in [0.2, 0.25) is 0 Å². The van der Waals surface area contributed by atoms with Crippen LogP contribution < -0.4 is 5.73 Å². The number of hydrogen-bond acceptors (Lipinski definition) is 3. The highest BCUT2D eigenvalue weighted by Crippen LogP contribution is 2.14. The van der Waals surface area contributed by atoms with Crippen LogP contribution in [-0.2, 0) is 6.54 Å². The Bertz CT molecular complexity index is 301. The predicted octanol–water partition coefficient (Wildman–Crippen LogP) is 1.03. The van der Waals surface area contributed by atoms with Crippen molar-refractivity contribution in [1.29, 1.82) is 0 Å². The molecule has 0 saturated carbocycles. The van der Waals surface area contributed by atoms with Crippen molar-refractivity contribution in [1.82, 2.24) is 14.7 Å². The van der Waals surface area contributed by atoms with E-state index in [2.05, 4.69) is 24.1 Å². The smallest absolute Gasteiger partial charge is 0.0825 e. The minimum Gasteiger partial charge on any atom is -0.396 e. The second-order valence-corrected chi connectivity index (χ2v) is 3.96. The molecule has 0 radical (unpaired) electrons. The molecule has 0 aromatic carbocycles. The molecule has 0 spiro atoms. The van der Waals surface area contributed by atoms with Crippen LogP contribution in [0.5, 0.6) is 0 Å². The van der Waals surface area contributed by atoms with Crippen LogP contribution >= 0.6 is 0 Å². The average molecular weight is 196 g/mol. The van der Waals surface area contributed by atoms with Gasteiger partial charge in [-0.05, 0) is 40.9 Å². The molecule has 80 valence electrons. The summed E-state index contributed by atoms with van der Waals surface area (Å²) in [6, 6.07) is 0. The molecule has 0 unspecified atom stereocenters. The average Bonchev–Trinajstić information content (AvgIpc) is 2.33. The molecule has 0 saturated heterocycles. The first-order chi connectivity index (χ1) is 6.52. The van der Waals surface area contributed by atoms with Gasteiger partial charge >= 0.3 is 0 Å². The summed E-state index contributed by atoms with van der Waals surface area (Å²) in [7, 11) is 4.16. The third kappa shape index (κ3) is 2.48. The number of anilines is 1. The van der Waals surface area contributed by atoms with Crippen molar-refractivity contribution >= 4 is 5.69 Å². The van der Waals surface area contributed by atoms with Crippen molar-refractivity contribution in [3.63, 3.8) is 0 Å². The van der Waals surface area contributed by atoms with Gasteiger partial charge in [0, 0.05) is 6.54 Å². The van der Waals surface area contributed by atoms with Gasteiger partial charge in [0.1, 0.15) is 0 Å². The SMILES string of the molecule is Cc1nn(CCCN(C)C)c(C)c1N. The number of nitrogens with zero attached hydrogens (tertiary/aromatic N) is 3. The highest BCUT2D eigenvalue weighted by molar-refractivity contribution is 5.46. The number of nitrogen functional groups attached to an aromatic ring is 1. The molecular formula is C10H20N4. The summed E-state index contributed by atoms with van der Waals surface area (Å²) in [5, 5.41) is 4.38. The van der Waals surface area contributed by atoms with E-state index in [0.717, 1.165) is 36.6 Å². The zero-order valence-corrected chi connectivity index (χ0v) is 9.54. The molecule has 0 aliphatic rings. The monoisotopic (exact) mass is 196 g/mol. The van der Waals surface area contributed by atoms with E-state index in [1.54, 1.807) is 0 Å². The highest BCUT2D eigenvalue weighted by atomic mass is 15.3. The fourth-order valence-corrected chi connectivity index (χ4v) is 1.47. The topological polar surface area (TPSA) is 47.1 Å². The zero-order chi connectivity index (χ0) is 10.7. The highest BCUT2D eigenvalue weighted by Gasteiger charge is 2.06. The lowest BCUT2D eigenvalue weighted by molar-refractivity contribution is 0.379. The summed E-state index contributed by atoms with van der Waals surface area (Å²) < 4.78 is 1.99. The van der Waals surface area contributed by atoms with Gasteiger partial charge in [0.05, 0.1) is 17.1 Å². The standard InChI is InChI=1S/C10H20N4/c1-8-10(11)9(2)14(12-8)7-5-6-13(3)4/h5-7,11H2,1-4H3. The summed E-state index contributed by atoms with van der Waals surface area (Å²) in [6.07, 6.45) is 1.11. The van der Waals surface area contributed by atoms with Crippen molar-refractivity contribution in [2.45, 2.75) is 26.8 Å². The van der Waals surface area contributed by atoms with Gasteiger partial charge in [0.25, 0.3) is 0 Å². The molecule has 0 fully saturated rings. The van der Waals surface area contributed by atoms with Crippen LogP contribution in [0.1, 0.15) is 17.8 Å². The first kappa shape index (κ1) is 11.0. The molecule has 4 heteroatoms. The van der Waals surface area contributed by atoms with Gasteiger partial charge in [-0.3, -0.25) is 4.68 Å². The van der Waals surface area contributed by atoms with Gasteiger partial charge in [-0.2, -0.15) is 5.10 Å². The maximum atomic E-state index is 5.84. The van der Waals surface area contributed by atoms with E-state index in [9.17, 15) is 0 Å². The normalized spacial score (nSPS) is 11.2. The maximum absolute atomic E-state index is 5.84. The van der Waals surface area contributed by atoms with Crippen molar-refractivity contribution in [3.8, 4) is 0 Å². The molecule has 1 heterocycles. The van der Waals surface area contributed by atoms with Crippen LogP contribution in [0.2, 0.25) is 0 Å². The first-order valence-corrected chi connectivity index (χ1v) is 4.96. The van der Waals surface area contributed by atoms with Crippen molar-refractivity contribution in [2.24, 2.45) is 0 Å². The molecule has 1 aromatic rings. The Morgan fingerprint density at radius 2 is 2.00 bits per heavy atom. The number of aryl methyl sites for hydroxylation is 2. The molecule has 0 bridgehead atoms. The lowest BCUT2D eigenvalue weighted by Gasteiger charge is -2.09. The first-order valence-electron chi connectivity index (χ1n) is 4.96. The van der Waals surface area contributed by atoms with Gasteiger partial charge in [-0.15, -0.1) is 0 Å². The molecule has 14 heavy (non-hydrogen) atoms. The Labute approximate surface area is 85.7 Å². The Balaban J connectivity index is 2.55.